The Morgan fingerprint density at radius 2 is 1.43 bits per heavy atom. The molecular formula is C29H26N4O4. The normalized spacial score (nSPS) is 15.1. The standard InChI is InChI=1S/C29H26N4O4/c1-17-10-22(14-23(11-17)29(35)37-3)27-16-26(32-33-27)19-7-4-6-18(12-19)24-15-25(31-30-24)20-8-5-9-21(13-20)28(34)36-2/h4-10,12-17H,11H2,1-3H3,(H,30,31)(H,32,33). The molecule has 8 nitrogen and oxygen atoms in total. The van der Waals surface area contributed by atoms with Crippen LogP contribution in [0.15, 0.2) is 78.4 Å². The van der Waals surface area contributed by atoms with Gasteiger partial charge in [-0.05, 0) is 54.3 Å². The fourth-order valence-corrected chi connectivity index (χ4v) is 4.45. The molecule has 0 bridgehead atoms. The van der Waals surface area contributed by atoms with Crippen LogP contribution >= 0.6 is 0 Å². The molecule has 0 radical (unpaired) electrons. The van der Waals surface area contributed by atoms with E-state index in [0.717, 1.165) is 45.0 Å². The second kappa shape index (κ2) is 10.1. The summed E-state index contributed by atoms with van der Waals surface area (Å²) < 4.78 is 9.73. The monoisotopic (exact) mass is 494 g/mol. The summed E-state index contributed by atoms with van der Waals surface area (Å²) in [4.78, 5) is 24.0. The molecule has 2 aromatic carbocycles. The number of esters is 2. The van der Waals surface area contributed by atoms with Crippen LogP contribution in [0.3, 0.4) is 0 Å². The Kier molecular flexibility index (Phi) is 6.55. The molecule has 5 rings (SSSR count). The maximum absolute atomic E-state index is 12.1. The Morgan fingerprint density at radius 1 is 0.811 bits per heavy atom. The van der Waals surface area contributed by atoms with Gasteiger partial charge in [-0.1, -0.05) is 43.3 Å². The van der Waals surface area contributed by atoms with E-state index < -0.39 is 0 Å². The second-order valence-electron chi connectivity index (χ2n) is 8.95. The summed E-state index contributed by atoms with van der Waals surface area (Å²) in [5.41, 5.74) is 7.92. The van der Waals surface area contributed by atoms with Gasteiger partial charge < -0.3 is 9.47 Å². The average Bonchev–Trinajstić information content (AvgIpc) is 3.63. The molecule has 2 heterocycles. The fourth-order valence-electron chi connectivity index (χ4n) is 4.45. The van der Waals surface area contributed by atoms with Gasteiger partial charge in [0, 0.05) is 22.3 Å². The number of methoxy groups -OCH3 is 2. The van der Waals surface area contributed by atoms with E-state index in [4.69, 9.17) is 9.47 Å². The van der Waals surface area contributed by atoms with Crippen molar-refractivity contribution in [1.82, 2.24) is 20.4 Å². The number of allylic oxidation sites excluding steroid dienone is 3. The Bertz CT molecular complexity index is 1540. The van der Waals surface area contributed by atoms with E-state index in [1.165, 1.54) is 14.2 Å². The van der Waals surface area contributed by atoms with Crippen LogP contribution in [0, 0.1) is 5.92 Å². The van der Waals surface area contributed by atoms with E-state index in [1.807, 2.05) is 48.5 Å². The number of aromatic nitrogens is 4. The van der Waals surface area contributed by atoms with Crippen LogP contribution in [0.1, 0.15) is 29.4 Å². The minimum Gasteiger partial charge on any atom is -0.466 e. The summed E-state index contributed by atoms with van der Waals surface area (Å²) in [6, 6.07) is 19.1. The fraction of sp³-hybridized carbons (Fsp3) is 0.172. The molecule has 0 fully saturated rings. The van der Waals surface area contributed by atoms with Gasteiger partial charge in [-0.3, -0.25) is 10.2 Å². The van der Waals surface area contributed by atoms with Crippen LogP contribution in [0.2, 0.25) is 0 Å². The first kappa shape index (κ1) is 24.0. The van der Waals surface area contributed by atoms with E-state index in [-0.39, 0.29) is 17.9 Å². The third kappa shape index (κ3) is 4.99. The van der Waals surface area contributed by atoms with Crippen LogP contribution < -0.4 is 0 Å². The van der Waals surface area contributed by atoms with Gasteiger partial charge in [0.1, 0.15) is 0 Å². The third-order valence-electron chi connectivity index (χ3n) is 6.30. The Balaban J connectivity index is 1.41. The number of hydrogen-bond acceptors (Lipinski definition) is 6. The highest BCUT2D eigenvalue weighted by Crippen LogP contribution is 2.32. The van der Waals surface area contributed by atoms with Crippen molar-refractivity contribution >= 4 is 17.5 Å². The molecule has 0 aliphatic heterocycles. The lowest BCUT2D eigenvalue weighted by Gasteiger charge is -2.16. The number of nitrogens with zero attached hydrogens (tertiary/aromatic N) is 2. The van der Waals surface area contributed by atoms with Gasteiger partial charge in [-0.15, -0.1) is 0 Å². The van der Waals surface area contributed by atoms with Crippen molar-refractivity contribution in [2.45, 2.75) is 13.3 Å². The lowest BCUT2D eigenvalue weighted by molar-refractivity contribution is -0.136. The van der Waals surface area contributed by atoms with Gasteiger partial charge >= 0.3 is 11.9 Å². The number of benzene rings is 2. The Labute approximate surface area is 214 Å². The van der Waals surface area contributed by atoms with Crippen molar-refractivity contribution < 1.29 is 19.1 Å². The number of carbonyl (C=O) groups excluding carboxylic acids is 2. The summed E-state index contributed by atoms with van der Waals surface area (Å²) in [6.07, 6.45) is 4.64. The van der Waals surface area contributed by atoms with Crippen LogP contribution in [-0.2, 0) is 14.3 Å². The molecule has 1 aliphatic rings. The SMILES string of the molecule is COC(=O)C1=CC(c2cc(-c3cccc(-c4cc(-c5cccc(C(=O)OC)c5)n[nH]4)c3)n[nH]2)=CC(C)C1. The minimum absolute atomic E-state index is 0.215. The van der Waals surface area contributed by atoms with Crippen molar-refractivity contribution in [2.24, 2.45) is 5.92 Å². The number of carbonyl (C=O) groups is 2. The molecular weight excluding hydrogens is 468 g/mol. The average molecular weight is 495 g/mol. The molecule has 0 amide bonds. The molecule has 1 atom stereocenters. The molecule has 186 valence electrons. The van der Waals surface area contributed by atoms with Gasteiger partial charge in [0.25, 0.3) is 0 Å². The van der Waals surface area contributed by atoms with Gasteiger partial charge in [-0.25, -0.2) is 9.59 Å². The zero-order valence-electron chi connectivity index (χ0n) is 20.7. The van der Waals surface area contributed by atoms with E-state index in [2.05, 4.69) is 33.4 Å². The quantitative estimate of drug-likeness (QED) is 0.345. The van der Waals surface area contributed by atoms with Crippen molar-refractivity contribution in [3.05, 3.63) is 89.6 Å². The first-order valence-corrected chi connectivity index (χ1v) is 11.9. The molecule has 1 unspecified atom stereocenters. The van der Waals surface area contributed by atoms with E-state index in [1.54, 1.807) is 18.2 Å². The lowest BCUT2D eigenvalue weighted by Crippen LogP contribution is -2.11. The summed E-state index contributed by atoms with van der Waals surface area (Å²) in [5, 5.41) is 15.2. The topological polar surface area (TPSA) is 110 Å². The van der Waals surface area contributed by atoms with Gasteiger partial charge in [0.15, 0.2) is 0 Å². The molecule has 0 saturated heterocycles. The highest BCUT2D eigenvalue weighted by molar-refractivity contribution is 5.93. The molecule has 2 N–H and O–H groups in total. The predicted molar refractivity (Wildman–Crippen MR) is 140 cm³/mol. The molecule has 1 aliphatic carbocycles. The zero-order chi connectivity index (χ0) is 25.9. The van der Waals surface area contributed by atoms with Crippen molar-refractivity contribution in [1.29, 1.82) is 0 Å². The van der Waals surface area contributed by atoms with Crippen LogP contribution in [0.25, 0.3) is 39.3 Å². The molecule has 8 heteroatoms. The van der Waals surface area contributed by atoms with Crippen LogP contribution in [-0.4, -0.2) is 46.6 Å². The highest BCUT2D eigenvalue weighted by atomic mass is 16.5. The maximum Gasteiger partial charge on any atom is 0.337 e. The van der Waals surface area contributed by atoms with Gasteiger partial charge in [-0.2, -0.15) is 10.2 Å². The van der Waals surface area contributed by atoms with E-state index in [9.17, 15) is 9.59 Å². The molecule has 4 aromatic rings. The lowest BCUT2D eigenvalue weighted by atomic mass is 9.90. The van der Waals surface area contributed by atoms with Gasteiger partial charge in [0.2, 0.25) is 0 Å². The molecule has 0 spiro atoms. The smallest absolute Gasteiger partial charge is 0.337 e. The zero-order valence-corrected chi connectivity index (χ0v) is 20.7. The van der Waals surface area contributed by atoms with E-state index in [0.29, 0.717) is 17.6 Å². The second-order valence-corrected chi connectivity index (χ2v) is 8.95. The minimum atomic E-state index is -0.390. The van der Waals surface area contributed by atoms with Crippen molar-refractivity contribution in [3.63, 3.8) is 0 Å². The van der Waals surface area contributed by atoms with Crippen molar-refractivity contribution in [3.8, 4) is 33.8 Å². The Hall–Kier alpha value is -4.72. The first-order valence-electron chi connectivity index (χ1n) is 11.9. The third-order valence-corrected chi connectivity index (χ3v) is 6.30. The molecule has 2 aromatic heterocycles. The highest BCUT2D eigenvalue weighted by Gasteiger charge is 2.20. The van der Waals surface area contributed by atoms with Crippen LogP contribution in [0.5, 0.6) is 0 Å². The largest absolute Gasteiger partial charge is 0.466 e. The number of hydrogen-bond donors (Lipinski definition) is 2. The molecule has 0 saturated carbocycles. The Morgan fingerprint density at radius 3 is 2.16 bits per heavy atom. The predicted octanol–water partition coefficient (Wildman–Crippen LogP) is 5.44. The number of H-pyrrole nitrogens is 2. The number of nitrogens with one attached hydrogen (secondary N) is 2. The number of ether oxygens (including phenoxy) is 2. The number of aromatic amines is 2. The summed E-state index contributed by atoms with van der Waals surface area (Å²) >= 11 is 0. The first-order chi connectivity index (χ1) is 17.9. The number of rotatable bonds is 6. The van der Waals surface area contributed by atoms with E-state index >= 15 is 0 Å². The van der Waals surface area contributed by atoms with Gasteiger partial charge in [0.05, 0.1) is 42.6 Å². The maximum atomic E-state index is 12.1. The summed E-state index contributed by atoms with van der Waals surface area (Å²) in [6.45, 7) is 2.07. The van der Waals surface area contributed by atoms with Crippen LogP contribution in [0.4, 0.5) is 0 Å². The molecule has 37 heavy (non-hydrogen) atoms. The van der Waals surface area contributed by atoms with Crippen molar-refractivity contribution in [2.75, 3.05) is 14.2 Å². The summed E-state index contributed by atoms with van der Waals surface area (Å²) in [7, 11) is 2.76. The summed E-state index contributed by atoms with van der Waals surface area (Å²) in [5.74, 6) is -0.480.